The highest BCUT2D eigenvalue weighted by Crippen LogP contribution is 2.36. The number of aryl methyl sites for hydroxylation is 2. The molecule has 10 nitrogen and oxygen atoms in total. The summed E-state index contributed by atoms with van der Waals surface area (Å²) in [5.41, 5.74) is 2.50. The average molecular weight is 917 g/mol. The molecule has 0 spiro atoms. The van der Waals surface area contributed by atoms with Crippen LogP contribution in [-0.4, -0.2) is 105 Å². The Labute approximate surface area is 383 Å². The minimum atomic E-state index is -3.38. The van der Waals surface area contributed by atoms with Crippen molar-refractivity contribution in [3.05, 3.63) is 96.1 Å². The Bertz CT molecular complexity index is 1780. The zero-order valence-electron chi connectivity index (χ0n) is 38.5. The zero-order valence-corrected chi connectivity index (χ0v) is 38.5. The minimum absolute atomic E-state index is 0.00848. The molecule has 2 aliphatic rings. The van der Waals surface area contributed by atoms with Gasteiger partial charge in [-0.3, -0.25) is 19.2 Å². The monoisotopic (exact) mass is 917 g/mol. The first-order valence-electron chi connectivity index (χ1n) is 23.4. The molecular weight excluding hydrogens is 845 g/mol. The summed E-state index contributed by atoms with van der Waals surface area (Å²) in [6.45, 7) is 4.33. The van der Waals surface area contributed by atoms with Crippen molar-refractivity contribution in [2.24, 2.45) is 11.8 Å². The number of alkyl halides is 4. The molecular formula is C51H72F4N2O8. The molecule has 2 amide bonds. The maximum absolute atomic E-state index is 14.1. The molecule has 4 rings (SSSR count). The molecule has 0 radical (unpaired) electrons. The van der Waals surface area contributed by atoms with Gasteiger partial charge in [-0.15, -0.1) is 0 Å². The number of nitrogens with zero attached hydrogens (tertiary/aromatic N) is 2. The molecule has 2 aromatic rings. The Morgan fingerprint density at radius 2 is 1.03 bits per heavy atom. The largest absolute Gasteiger partial charge is 0.481 e. The lowest BCUT2D eigenvalue weighted by Gasteiger charge is -2.22. The first kappa shape index (κ1) is 54.8. The topological polar surface area (TPSA) is 145 Å². The van der Waals surface area contributed by atoms with Crippen LogP contribution in [0.4, 0.5) is 17.6 Å². The SMILES string of the molecule is COC(=O)CCCCCCN1C(=O)C(F)(F)C[C@@H]1/C=C/[C@@H](O)[C@@H](C)CCCc1ccccc1.C[C@@H](CCCc1ccccc1)[C@H](O)/C=C/[C@H]1CC(F)(F)C(=O)N1CCCCCCC(=O)O. The third kappa shape index (κ3) is 19.8. The van der Waals surface area contributed by atoms with Gasteiger partial charge in [0.15, 0.2) is 0 Å². The molecule has 14 heteroatoms. The molecule has 2 saturated heterocycles. The van der Waals surface area contributed by atoms with Gasteiger partial charge in [-0.2, -0.15) is 17.6 Å². The number of aliphatic carboxylic acids is 1. The van der Waals surface area contributed by atoms with Gasteiger partial charge in [0.05, 0.1) is 31.4 Å². The summed E-state index contributed by atoms with van der Waals surface area (Å²) in [5.74, 6) is -10.2. The average Bonchev–Trinajstić information content (AvgIpc) is 3.64. The van der Waals surface area contributed by atoms with Crippen molar-refractivity contribution in [1.82, 2.24) is 9.80 Å². The van der Waals surface area contributed by atoms with Crippen molar-refractivity contribution >= 4 is 23.8 Å². The van der Waals surface area contributed by atoms with Crippen molar-refractivity contribution in [2.75, 3.05) is 20.2 Å². The summed E-state index contributed by atoms with van der Waals surface area (Å²) in [6.07, 6.45) is 14.6. The number of methoxy groups -OCH3 is 1. The van der Waals surface area contributed by atoms with Gasteiger partial charge in [0.1, 0.15) is 0 Å². The second kappa shape index (κ2) is 28.5. The van der Waals surface area contributed by atoms with Crippen molar-refractivity contribution in [3.63, 3.8) is 0 Å². The van der Waals surface area contributed by atoms with E-state index in [9.17, 15) is 47.0 Å². The van der Waals surface area contributed by atoms with Crippen LogP contribution in [0.5, 0.6) is 0 Å². The van der Waals surface area contributed by atoms with E-state index < -0.39 is 66.8 Å². The number of carboxylic acids is 1. The second-order valence-electron chi connectivity index (χ2n) is 17.7. The summed E-state index contributed by atoms with van der Waals surface area (Å²) in [7, 11) is 1.34. The first-order chi connectivity index (χ1) is 30.9. The molecule has 2 heterocycles. The van der Waals surface area contributed by atoms with Crippen LogP contribution in [0.15, 0.2) is 85.0 Å². The fourth-order valence-electron chi connectivity index (χ4n) is 8.19. The number of halogens is 4. The van der Waals surface area contributed by atoms with Crippen molar-refractivity contribution < 1.29 is 56.8 Å². The molecule has 2 aliphatic heterocycles. The number of unbranched alkanes of at least 4 members (excludes halogenated alkanes) is 6. The van der Waals surface area contributed by atoms with E-state index in [0.29, 0.717) is 44.9 Å². The number of aliphatic hydroxyl groups excluding tert-OH is 2. The molecule has 6 atom stereocenters. The Morgan fingerprint density at radius 1 is 0.646 bits per heavy atom. The Hall–Kier alpha value is -4.56. The van der Waals surface area contributed by atoms with E-state index >= 15 is 0 Å². The summed E-state index contributed by atoms with van der Waals surface area (Å²) in [5, 5.41) is 29.6. The number of hydrogen-bond acceptors (Lipinski definition) is 7. The fourth-order valence-corrected chi connectivity index (χ4v) is 8.19. The van der Waals surface area contributed by atoms with Crippen LogP contribution in [-0.2, 0) is 36.8 Å². The van der Waals surface area contributed by atoms with Gasteiger partial charge in [0.25, 0.3) is 11.8 Å². The van der Waals surface area contributed by atoms with Crippen LogP contribution in [0.3, 0.4) is 0 Å². The third-order valence-corrected chi connectivity index (χ3v) is 12.3. The lowest BCUT2D eigenvalue weighted by atomic mass is 9.95. The number of carbonyl (C=O) groups excluding carboxylic acids is 3. The molecule has 0 aromatic heterocycles. The van der Waals surface area contributed by atoms with E-state index in [1.54, 1.807) is 24.3 Å². The van der Waals surface area contributed by atoms with Gasteiger partial charge < -0.3 is 29.9 Å². The van der Waals surface area contributed by atoms with Crippen LogP contribution in [0.2, 0.25) is 0 Å². The number of carbonyl (C=O) groups is 4. The zero-order chi connectivity index (χ0) is 47.8. The minimum Gasteiger partial charge on any atom is -0.481 e. The summed E-state index contributed by atoms with van der Waals surface area (Å²) < 4.78 is 60.8. The Morgan fingerprint density at radius 3 is 1.42 bits per heavy atom. The number of aliphatic hydroxyl groups is 2. The van der Waals surface area contributed by atoms with E-state index in [0.717, 1.165) is 51.4 Å². The summed E-state index contributed by atoms with van der Waals surface area (Å²) in [4.78, 5) is 48.3. The molecule has 0 unspecified atom stereocenters. The summed E-state index contributed by atoms with van der Waals surface area (Å²) >= 11 is 0. The molecule has 0 saturated carbocycles. The van der Waals surface area contributed by atoms with Gasteiger partial charge in [-0.05, 0) is 87.2 Å². The number of likely N-dealkylation sites (tertiary alicyclic amines) is 2. The number of esters is 1. The van der Waals surface area contributed by atoms with Gasteiger partial charge in [-0.25, -0.2) is 0 Å². The second-order valence-corrected chi connectivity index (χ2v) is 17.7. The van der Waals surface area contributed by atoms with Crippen LogP contribution >= 0.6 is 0 Å². The van der Waals surface area contributed by atoms with E-state index in [1.807, 2.05) is 50.2 Å². The fraction of sp³-hybridized carbons (Fsp3) is 0.608. The van der Waals surface area contributed by atoms with Gasteiger partial charge in [-0.1, -0.05) is 124 Å². The van der Waals surface area contributed by atoms with Gasteiger partial charge in [0, 0.05) is 38.8 Å². The quantitative estimate of drug-likeness (QED) is 0.0331. The van der Waals surface area contributed by atoms with Crippen LogP contribution < -0.4 is 0 Å². The predicted octanol–water partition coefficient (Wildman–Crippen LogP) is 9.76. The van der Waals surface area contributed by atoms with Crippen LogP contribution in [0.25, 0.3) is 0 Å². The molecule has 2 aromatic carbocycles. The molecule has 362 valence electrons. The highest BCUT2D eigenvalue weighted by molar-refractivity contribution is 5.87. The maximum Gasteiger partial charge on any atom is 0.327 e. The Balaban J connectivity index is 0.000000345. The third-order valence-electron chi connectivity index (χ3n) is 12.3. The molecule has 2 fully saturated rings. The number of benzene rings is 2. The van der Waals surface area contributed by atoms with Crippen LogP contribution in [0.1, 0.15) is 128 Å². The normalized spacial score (nSPS) is 19.9. The van der Waals surface area contributed by atoms with Crippen molar-refractivity contribution in [2.45, 2.75) is 166 Å². The smallest absolute Gasteiger partial charge is 0.327 e. The highest BCUT2D eigenvalue weighted by Gasteiger charge is 2.53. The van der Waals surface area contributed by atoms with E-state index in [2.05, 4.69) is 29.0 Å². The standard InChI is InChI=1S/C26H37F2NO4.C25H35F2NO4/c1-20(11-10-14-21-12-6-5-7-13-21)23(30)17-16-22-19-26(27,28)25(32)29(22)18-9-4-3-8-15-24(31)33-2;1-19(10-9-13-20-11-5-4-6-12-20)22(29)16-15-21-18-25(26,27)24(32)28(21)17-8-3-2-7-14-23(30)31/h5-7,12-13,16-17,20,22-23,30H,3-4,8-11,14-15,18-19H2,1-2H3;4-6,11-12,15-16,19,21-22,29H,2-3,7-10,13-14,17-18H2,1H3,(H,30,31)/b17-16+;16-15+/t20-,22-,23+;19-,21-,22+/m00/s1. The Kier molecular flexibility index (Phi) is 24.0. The van der Waals surface area contributed by atoms with E-state index in [-0.39, 0.29) is 37.3 Å². The number of rotatable bonds is 28. The lowest BCUT2D eigenvalue weighted by Crippen LogP contribution is -2.36. The lowest BCUT2D eigenvalue weighted by molar-refractivity contribution is -0.148. The number of amides is 2. The van der Waals surface area contributed by atoms with E-state index in [4.69, 9.17) is 5.11 Å². The first-order valence-corrected chi connectivity index (χ1v) is 23.4. The van der Waals surface area contributed by atoms with Gasteiger partial charge >= 0.3 is 23.8 Å². The highest BCUT2D eigenvalue weighted by atomic mass is 19.3. The maximum atomic E-state index is 14.1. The van der Waals surface area contributed by atoms with Crippen LogP contribution in [0, 0.1) is 11.8 Å². The molecule has 65 heavy (non-hydrogen) atoms. The van der Waals surface area contributed by atoms with Gasteiger partial charge in [0.2, 0.25) is 0 Å². The van der Waals surface area contributed by atoms with Crippen molar-refractivity contribution in [3.8, 4) is 0 Å². The predicted molar refractivity (Wildman–Crippen MR) is 243 cm³/mol. The summed E-state index contributed by atoms with van der Waals surface area (Å²) in [6, 6.07) is 18.8. The van der Waals surface area contributed by atoms with Crippen molar-refractivity contribution in [1.29, 1.82) is 0 Å². The van der Waals surface area contributed by atoms with E-state index in [1.165, 1.54) is 28.0 Å². The number of hydrogen-bond donors (Lipinski definition) is 3. The number of ether oxygens (including phenoxy) is 1. The number of carboxylic acid groups (broad SMARTS) is 1. The molecule has 0 bridgehead atoms. The molecule has 3 N–H and O–H groups in total. The molecule has 0 aliphatic carbocycles.